The van der Waals surface area contributed by atoms with Crippen molar-refractivity contribution in [3.63, 3.8) is 0 Å². The molecule has 0 atom stereocenters. The summed E-state index contributed by atoms with van der Waals surface area (Å²) in [5, 5.41) is 2.81. The lowest BCUT2D eigenvalue weighted by atomic mass is 10.2. The Labute approximate surface area is 164 Å². The lowest BCUT2D eigenvalue weighted by Gasteiger charge is -2.09. The number of sulfone groups is 1. The van der Waals surface area contributed by atoms with Crippen molar-refractivity contribution in [2.75, 3.05) is 6.26 Å². The van der Waals surface area contributed by atoms with E-state index in [1.807, 2.05) is 36.4 Å². The third kappa shape index (κ3) is 5.40. The van der Waals surface area contributed by atoms with Gasteiger partial charge in [-0.25, -0.2) is 8.42 Å². The summed E-state index contributed by atoms with van der Waals surface area (Å²) >= 11 is 0. The van der Waals surface area contributed by atoms with Gasteiger partial charge in [-0.3, -0.25) is 9.78 Å². The summed E-state index contributed by atoms with van der Waals surface area (Å²) in [7, 11) is -3.27. The van der Waals surface area contributed by atoms with Gasteiger partial charge < -0.3 is 10.1 Å². The van der Waals surface area contributed by atoms with Crippen LogP contribution in [0.1, 0.15) is 21.5 Å². The molecule has 0 saturated heterocycles. The van der Waals surface area contributed by atoms with E-state index in [1.165, 1.54) is 24.3 Å². The van der Waals surface area contributed by atoms with E-state index in [4.69, 9.17) is 4.74 Å². The maximum Gasteiger partial charge on any atom is 0.251 e. The summed E-state index contributed by atoms with van der Waals surface area (Å²) < 4.78 is 28.6. The van der Waals surface area contributed by atoms with E-state index in [0.717, 1.165) is 23.1 Å². The number of benzene rings is 2. The molecule has 2 aromatic carbocycles. The first kappa shape index (κ1) is 19.6. The van der Waals surface area contributed by atoms with Gasteiger partial charge in [-0.2, -0.15) is 0 Å². The fraction of sp³-hybridized carbons (Fsp3) is 0.143. The Balaban J connectivity index is 1.52. The van der Waals surface area contributed by atoms with Crippen molar-refractivity contribution < 1.29 is 17.9 Å². The number of hydrogen-bond donors (Lipinski definition) is 1. The average molecular weight is 396 g/mol. The van der Waals surface area contributed by atoms with Gasteiger partial charge in [0.2, 0.25) is 0 Å². The SMILES string of the molecule is CS(=O)(=O)c1ccc(C(=O)NCc2ccc(OCc3cccnc3)cc2)cc1. The second-order valence-electron chi connectivity index (χ2n) is 6.27. The Morgan fingerprint density at radius 3 is 2.32 bits per heavy atom. The van der Waals surface area contributed by atoms with Gasteiger partial charge in [-0.15, -0.1) is 0 Å². The lowest BCUT2D eigenvalue weighted by Crippen LogP contribution is -2.22. The van der Waals surface area contributed by atoms with E-state index in [0.29, 0.717) is 18.7 Å². The summed E-state index contributed by atoms with van der Waals surface area (Å²) in [6.45, 7) is 0.795. The van der Waals surface area contributed by atoms with Crippen molar-refractivity contribution in [3.8, 4) is 5.75 Å². The van der Waals surface area contributed by atoms with E-state index < -0.39 is 9.84 Å². The minimum Gasteiger partial charge on any atom is -0.489 e. The summed E-state index contributed by atoms with van der Waals surface area (Å²) in [5.74, 6) is 0.465. The minimum absolute atomic E-state index is 0.186. The number of hydrogen-bond acceptors (Lipinski definition) is 5. The van der Waals surface area contributed by atoms with Gasteiger partial charge in [0.15, 0.2) is 9.84 Å². The molecule has 1 aromatic heterocycles. The molecule has 0 saturated carbocycles. The number of amides is 1. The van der Waals surface area contributed by atoms with Crippen LogP contribution in [0.25, 0.3) is 0 Å². The minimum atomic E-state index is -3.27. The van der Waals surface area contributed by atoms with Crippen LogP contribution in [0.4, 0.5) is 0 Å². The topological polar surface area (TPSA) is 85.4 Å². The third-order valence-corrected chi connectivity index (χ3v) is 5.18. The smallest absolute Gasteiger partial charge is 0.251 e. The standard InChI is InChI=1S/C21H20N2O4S/c1-28(25,26)20-10-6-18(7-11-20)21(24)23-14-16-4-8-19(9-5-16)27-15-17-3-2-12-22-13-17/h2-13H,14-15H2,1H3,(H,23,24). The first-order valence-electron chi connectivity index (χ1n) is 8.61. The highest BCUT2D eigenvalue weighted by Crippen LogP contribution is 2.14. The normalized spacial score (nSPS) is 11.0. The Morgan fingerprint density at radius 2 is 1.71 bits per heavy atom. The molecule has 0 bridgehead atoms. The molecule has 144 valence electrons. The molecule has 0 unspecified atom stereocenters. The van der Waals surface area contributed by atoms with Crippen LogP contribution in [0, 0.1) is 0 Å². The van der Waals surface area contributed by atoms with E-state index in [9.17, 15) is 13.2 Å². The number of carbonyl (C=O) groups is 1. The second-order valence-corrected chi connectivity index (χ2v) is 8.29. The molecule has 0 aliphatic heterocycles. The van der Waals surface area contributed by atoms with Gasteiger partial charge in [-0.05, 0) is 48.0 Å². The number of rotatable bonds is 7. The molecule has 0 aliphatic carbocycles. The average Bonchev–Trinajstić information content (AvgIpc) is 2.71. The predicted molar refractivity (Wildman–Crippen MR) is 106 cm³/mol. The van der Waals surface area contributed by atoms with Crippen LogP contribution < -0.4 is 10.1 Å². The zero-order valence-corrected chi connectivity index (χ0v) is 16.1. The van der Waals surface area contributed by atoms with Crippen LogP contribution in [0.5, 0.6) is 5.75 Å². The zero-order valence-electron chi connectivity index (χ0n) is 15.3. The molecule has 6 nitrogen and oxygen atoms in total. The third-order valence-electron chi connectivity index (χ3n) is 4.05. The quantitative estimate of drug-likeness (QED) is 0.664. The zero-order chi connectivity index (χ0) is 20.0. The van der Waals surface area contributed by atoms with Gasteiger partial charge in [0.1, 0.15) is 12.4 Å². The van der Waals surface area contributed by atoms with Gasteiger partial charge in [0.05, 0.1) is 4.90 Å². The highest BCUT2D eigenvalue weighted by atomic mass is 32.2. The van der Waals surface area contributed by atoms with Gasteiger partial charge >= 0.3 is 0 Å². The summed E-state index contributed by atoms with van der Waals surface area (Å²) in [6.07, 6.45) is 4.60. The molecule has 1 heterocycles. The van der Waals surface area contributed by atoms with Crippen molar-refractivity contribution >= 4 is 15.7 Å². The molecule has 0 radical (unpaired) electrons. The van der Waals surface area contributed by atoms with E-state index >= 15 is 0 Å². The Bertz CT molecular complexity index is 1030. The highest BCUT2D eigenvalue weighted by Gasteiger charge is 2.09. The van der Waals surface area contributed by atoms with Gasteiger partial charge in [0.25, 0.3) is 5.91 Å². The first-order valence-corrected chi connectivity index (χ1v) is 10.5. The van der Waals surface area contributed by atoms with Crippen LogP contribution in [0.2, 0.25) is 0 Å². The molecule has 0 aliphatic rings. The monoisotopic (exact) mass is 396 g/mol. The van der Waals surface area contributed by atoms with Crippen LogP contribution in [-0.2, 0) is 23.0 Å². The molecular formula is C21H20N2O4S. The first-order chi connectivity index (χ1) is 13.4. The fourth-order valence-corrected chi connectivity index (χ4v) is 3.12. The number of pyridine rings is 1. The molecule has 0 spiro atoms. The van der Waals surface area contributed by atoms with Crippen molar-refractivity contribution in [2.24, 2.45) is 0 Å². The molecular weight excluding hydrogens is 376 g/mol. The van der Waals surface area contributed by atoms with Crippen molar-refractivity contribution in [2.45, 2.75) is 18.0 Å². The van der Waals surface area contributed by atoms with Crippen LogP contribution >= 0.6 is 0 Å². The van der Waals surface area contributed by atoms with E-state index in [-0.39, 0.29) is 10.8 Å². The van der Waals surface area contributed by atoms with Crippen LogP contribution in [0.15, 0.2) is 78.0 Å². The molecule has 1 amide bonds. The molecule has 1 N–H and O–H groups in total. The van der Waals surface area contributed by atoms with Gasteiger partial charge in [-0.1, -0.05) is 18.2 Å². The molecule has 3 rings (SSSR count). The van der Waals surface area contributed by atoms with E-state index in [2.05, 4.69) is 10.3 Å². The maximum atomic E-state index is 12.2. The number of carbonyl (C=O) groups excluding carboxylic acids is 1. The van der Waals surface area contributed by atoms with Crippen LogP contribution in [-0.4, -0.2) is 25.6 Å². The Morgan fingerprint density at radius 1 is 1.00 bits per heavy atom. The van der Waals surface area contributed by atoms with Gasteiger partial charge in [0, 0.05) is 36.3 Å². The summed E-state index contributed by atoms with van der Waals surface area (Å²) in [4.78, 5) is 16.4. The van der Waals surface area contributed by atoms with Crippen LogP contribution in [0.3, 0.4) is 0 Å². The number of ether oxygens (including phenoxy) is 1. The Kier molecular flexibility index (Phi) is 6.06. The van der Waals surface area contributed by atoms with Crippen molar-refractivity contribution in [3.05, 3.63) is 89.7 Å². The molecule has 3 aromatic rings. The highest BCUT2D eigenvalue weighted by molar-refractivity contribution is 7.90. The molecule has 28 heavy (non-hydrogen) atoms. The number of nitrogens with zero attached hydrogens (tertiary/aromatic N) is 1. The van der Waals surface area contributed by atoms with Crippen molar-refractivity contribution in [1.82, 2.24) is 10.3 Å². The lowest BCUT2D eigenvalue weighted by molar-refractivity contribution is 0.0951. The summed E-state index contributed by atoms with van der Waals surface area (Å²) in [6, 6.07) is 17.1. The second kappa shape index (κ2) is 8.67. The predicted octanol–water partition coefficient (Wildman–Crippen LogP) is 2.99. The Hall–Kier alpha value is -3.19. The number of nitrogens with one attached hydrogen (secondary N) is 1. The largest absolute Gasteiger partial charge is 0.489 e. The maximum absolute atomic E-state index is 12.2. The number of aromatic nitrogens is 1. The van der Waals surface area contributed by atoms with E-state index in [1.54, 1.807) is 12.4 Å². The fourth-order valence-electron chi connectivity index (χ4n) is 2.49. The summed E-state index contributed by atoms with van der Waals surface area (Å²) in [5.41, 5.74) is 2.32. The molecule has 7 heteroatoms. The van der Waals surface area contributed by atoms with Crippen molar-refractivity contribution in [1.29, 1.82) is 0 Å². The molecule has 0 fully saturated rings.